The number of nitro groups is 1. The summed E-state index contributed by atoms with van der Waals surface area (Å²) in [6.45, 7) is 0. The fourth-order valence-electron chi connectivity index (χ4n) is 1.09. The smallest absolute Gasteiger partial charge is 0.304 e. The molecule has 0 unspecified atom stereocenters. The number of nitro benzene ring substituents is 1. The maximum Gasteiger partial charge on any atom is 0.304 e. The zero-order valence-electron chi connectivity index (χ0n) is 7.25. The summed E-state index contributed by atoms with van der Waals surface area (Å²) in [4.78, 5) is 13.2. The van der Waals surface area contributed by atoms with Crippen LogP contribution in [0.1, 0.15) is 0 Å². The van der Waals surface area contributed by atoms with Gasteiger partial charge in [0.15, 0.2) is 0 Å². The van der Waals surface area contributed by atoms with E-state index in [9.17, 15) is 14.5 Å². The molecule has 0 atom stereocenters. The number of halogens is 1. The van der Waals surface area contributed by atoms with Crippen LogP contribution in [0.4, 0.5) is 10.1 Å². The van der Waals surface area contributed by atoms with Crippen molar-refractivity contribution in [2.45, 2.75) is 0 Å². The summed E-state index contributed by atoms with van der Waals surface area (Å²) in [7, 11) is 0. The molecule has 7 heteroatoms. The Labute approximate surface area is 82.5 Å². The molecule has 2 rings (SSSR count). The molecule has 0 saturated heterocycles. The summed E-state index contributed by atoms with van der Waals surface area (Å²) < 4.78 is 17.6. The molecule has 15 heavy (non-hydrogen) atoms. The Hall–Kier alpha value is -2.31. The summed E-state index contributed by atoms with van der Waals surface area (Å²) in [6.07, 6.45) is 1.09. The number of rotatable bonds is 2. The zero-order valence-corrected chi connectivity index (χ0v) is 7.25. The fourth-order valence-corrected chi connectivity index (χ4v) is 1.09. The molecule has 0 saturated carbocycles. The molecule has 0 fully saturated rings. The van der Waals surface area contributed by atoms with Crippen molar-refractivity contribution in [1.29, 1.82) is 0 Å². The topological polar surface area (TPSA) is 82.1 Å². The van der Waals surface area contributed by atoms with Gasteiger partial charge in [-0.15, -0.1) is 0 Å². The second kappa shape index (κ2) is 3.45. The first-order valence-electron chi connectivity index (χ1n) is 3.89. The van der Waals surface area contributed by atoms with Gasteiger partial charge >= 0.3 is 5.69 Å². The van der Waals surface area contributed by atoms with Gasteiger partial charge in [-0.1, -0.05) is 5.16 Å². The Balaban J connectivity index is 2.47. The van der Waals surface area contributed by atoms with Crippen LogP contribution in [0.5, 0.6) is 0 Å². The second-order valence-electron chi connectivity index (χ2n) is 2.68. The first-order chi connectivity index (χ1) is 7.18. The Kier molecular flexibility index (Phi) is 2.13. The van der Waals surface area contributed by atoms with E-state index in [0.717, 1.165) is 18.5 Å². The molecule has 0 aliphatic heterocycles. The van der Waals surface area contributed by atoms with Crippen molar-refractivity contribution >= 4 is 5.69 Å². The van der Waals surface area contributed by atoms with Crippen molar-refractivity contribution in [3.05, 3.63) is 40.5 Å². The van der Waals surface area contributed by atoms with Crippen LogP contribution < -0.4 is 0 Å². The highest BCUT2D eigenvalue weighted by molar-refractivity contribution is 5.56. The van der Waals surface area contributed by atoms with Gasteiger partial charge < -0.3 is 4.52 Å². The van der Waals surface area contributed by atoms with Gasteiger partial charge in [-0.3, -0.25) is 10.1 Å². The van der Waals surface area contributed by atoms with E-state index in [1.807, 2.05) is 0 Å². The van der Waals surface area contributed by atoms with E-state index >= 15 is 0 Å². The Morgan fingerprint density at radius 3 is 2.80 bits per heavy atom. The zero-order chi connectivity index (χ0) is 10.8. The highest BCUT2D eigenvalue weighted by Crippen LogP contribution is 2.22. The minimum atomic E-state index is -0.928. The first kappa shape index (κ1) is 9.25. The molecule has 6 nitrogen and oxygen atoms in total. The third kappa shape index (κ3) is 1.66. The SMILES string of the molecule is O=[N+]([O-])c1ccc(-c2ncon2)cc1F. The number of benzene rings is 1. The van der Waals surface area contributed by atoms with E-state index in [0.29, 0.717) is 5.56 Å². The van der Waals surface area contributed by atoms with Crippen molar-refractivity contribution in [2.75, 3.05) is 0 Å². The van der Waals surface area contributed by atoms with Gasteiger partial charge in [0, 0.05) is 11.6 Å². The number of hydrogen-bond donors (Lipinski definition) is 0. The molecular weight excluding hydrogens is 205 g/mol. The molecule has 0 spiro atoms. The van der Waals surface area contributed by atoms with E-state index in [1.54, 1.807) is 0 Å². The van der Waals surface area contributed by atoms with Gasteiger partial charge in [0.2, 0.25) is 18.0 Å². The summed E-state index contributed by atoms with van der Waals surface area (Å²) in [5, 5.41) is 13.8. The minimum absolute atomic E-state index is 0.184. The average molecular weight is 209 g/mol. The molecule has 0 N–H and O–H groups in total. The quantitative estimate of drug-likeness (QED) is 0.556. The Morgan fingerprint density at radius 2 is 2.27 bits per heavy atom. The Morgan fingerprint density at radius 1 is 1.47 bits per heavy atom. The lowest BCUT2D eigenvalue weighted by Crippen LogP contribution is -1.93. The van der Waals surface area contributed by atoms with Crippen molar-refractivity contribution in [2.24, 2.45) is 0 Å². The fraction of sp³-hybridized carbons (Fsp3) is 0. The minimum Gasteiger partial charge on any atom is -0.342 e. The lowest BCUT2D eigenvalue weighted by molar-refractivity contribution is -0.387. The lowest BCUT2D eigenvalue weighted by atomic mass is 10.2. The first-order valence-corrected chi connectivity index (χ1v) is 3.89. The number of aromatic nitrogens is 2. The van der Waals surface area contributed by atoms with Gasteiger partial charge in [0.05, 0.1) is 4.92 Å². The van der Waals surface area contributed by atoms with Crippen molar-refractivity contribution in [3.8, 4) is 11.4 Å². The summed E-state index contributed by atoms with van der Waals surface area (Å²) in [5.74, 6) is -0.744. The molecule has 0 radical (unpaired) electrons. The van der Waals surface area contributed by atoms with E-state index in [1.165, 1.54) is 6.07 Å². The highest BCUT2D eigenvalue weighted by Gasteiger charge is 2.15. The maximum atomic E-state index is 13.2. The van der Waals surface area contributed by atoms with Gasteiger partial charge in [-0.05, 0) is 12.1 Å². The molecule has 0 aliphatic carbocycles. The van der Waals surface area contributed by atoms with Gasteiger partial charge in [0.25, 0.3) is 0 Å². The van der Waals surface area contributed by atoms with E-state index in [2.05, 4.69) is 14.7 Å². The van der Waals surface area contributed by atoms with Crippen molar-refractivity contribution < 1.29 is 13.8 Å². The third-order valence-electron chi connectivity index (χ3n) is 1.76. The Bertz CT molecular complexity index is 498. The summed E-state index contributed by atoms with van der Waals surface area (Å²) in [6, 6.07) is 3.40. The molecule has 0 amide bonds. The number of nitrogens with zero attached hydrogens (tertiary/aromatic N) is 3. The monoisotopic (exact) mass is 209 g/mol. The molecule has 0 bridgehead atoms. The summed E-state index contributed by atoms with van der Waals surface area (Å²) in [5.41, 5.74) is -0.255. The van der Waals surface area contributed by atoms with Gasteiger partial charge in [-0.25, -0.2) is 0 Å². The normalized spacial score (nSPS) is 10.2. The molecule has 1 aromatic carbocycles. The lowest BCUT2D eigenvalue weighted by Gasteiger charge is -1.96. The van der Waals surface area contributed by atoms with Crippen LogP contribution in [0, 0.1) is 15.9 Å². The number of hydrogen-bond acceptors (Lipinski definition) is 5. The van der Waals surface area contributed by atoms with Gasteiger partial charge in [-0.2, -0.15) is 9.37 Å². The predicted molar refractivity (Wildman–Crippen MR) is 46.3 cm³/mol. The largest absolute Gasteiger partial charge is 0.342 e. The molecular formula is C8H4FN3O3. The molecule has 1 aromatic heterocycles. The summed E-state index contributed by atoms with van der Waals surface area (Å²) >= 11 is 0. The van der Waals surface area contributed by atoms with Crippen molar-refractivity contribution in [1.82, 2.24) is 10.1 Å². The van der Waals surface area contributed by atoms with Crippen LogP contribution >= 0.6 is 0 Å². The van der Waals surface area contributed by atoms with Crippen LogP contribution in [-0.4, -0.2) is 15.1 Å². The molecule has 0 aliphatic rings. The molecule has 76 valence electrons. The van der Waals surface area contributed by atoms with Crippen molar-refractivity contribution in [3.63, 3.8) is 0 Å². The van der Waals surface area contributed by atoms with Crippen LogP contribution in [0.2, 0.25) is 0 Å². The van der Waals surface area contributed by atoms with E-state index in [-0.39, 0.29) is 5.82 Å². The predicted octanol–water partition coefficient (Wildman–Crippen LogP) is 1.78. The van der Waals surface area contributed by atoms with E-state index in [4.69, 9.17) is 0 Å². The van der Waals surface area contributed by atoms with Gasteiger partial charge in [0.1, 0.15) is 0 Å². The van der Waals surface area contributed by atoms with E-state index < -0.39 is 16.4 Å². The maximum absolute atomic E-state index is 13.2. The third-order valence-corrected chi connectivity index (χ3v) is 1.76. The van der Waals surface area contributed by atoms with Crippen LogP contribution in [0.25, 0.3) is 11.4 Å². The van der Waals surface area contributed by atoms with Crippen LogP contribution in [0.3, 0.4) is 0 Å². The van der Waals surface area contributed by atoms with Crippen LogP contribution in [-0.2, 0) is 0 Å². The second-order valence-corrected chi connectivity index (χ2v) is 2.68. The average Bonchev–Trinajstić information content (AvgIpc) is 2.69. The highest BCUT2D eigenvalue weighted by atomic mass is 19.1. The molecule has 2 aromatic rings. The standard InChI is InChI=1S/C8H4FN3O3/c9-6-3-5(8-10-4-15-11-8)1-2-7(6)12(13)14/h1-4H. The van der Waals surface area contributed by atoms with Crippen LogP contribution in [0.15, 0.2) is 29.1 Å². The molecule has 1 heterocycles.